The second-order valence-corrected chi connectivity index (χ2v) is 3.57. The minimum Gasteiger partial charge on any atom is -0.481 e. The van der Waals surface area contributed by atoms with Crippen molar-refractivity contribution in [3.8, 4) is 0 Å². The number of aliphatic carboxylic acids is 1. The summed E-state index contributed by atoms with van der Waals surface area (Å²) in [6.45, 7) is 5.29. The van der Waals surface area contributed by atoms with Gasteiger partial charge in [0.2, 0.25) is 0 Å². The molecule has 0 saturated carbocycles. The van der Waals surface area contributed by atoms with Crippen LogP contribution in [0.15, 0.2) is 0 Å². The molecule has 1 unspecified atom stereocenters. The van der Waals surface area contributed by atoms with Gasteiger partial charge in [0.15, 0.2) is 0 Å². The van der Waals surface area contributed by atoms with Crippen molar-refractivity contribution in [2.75, 3.05) is 32.8 Å². The van der Waals surface area contributed by atoms with E-state index in [0.717, 1.165) is 13.1 Å². The molecule has 5 nitrogen and oxygen atoms in total. The maximum atomic E-state index is 10.4. The Morgan fingerprint density at radius 2 is 1.93 bits per heavy atom. The fourth-order valence-corrected chi connectivity index (χ4v) is 1.83. The van der Waals surface area contributed by atoms with Crippen molar-refractivity contribution in [2.45, 2.75) is 19.5 Å². The van der Waals surface area contributed by atoms with Crippen LogP contribution in [0.25, 0.3) is 0 Å². The number of rotatable bonds is 5. The van der Waals surface area contributed by atoms with Crippen molar-refractivity contribution < 1.29 is 15.0 Å². The number of nitrogens with zero attached hydrogens (tertiary/aromatic N) is 2. The average molecular weight is 202 g/mol. The lowest BCUT2D eigenvalue weighted by Gasteiger charge is -2.25. The normalized spacial score (nSPS) is 24.3. The number of aliphatic hydroxyl groups excluding tert-OH is 1. The van der Waals surface area contributed by atoms with E-state index in [1.54, 1.807) is 0 Å². The quantitative estimate of drug-likeness (QED) is 0.624. The summed E-state index contributed by atoms with van der Waals surface area (Å²) >= 11 is 0. The van der Waals surface area contributed by atoms with E-state index in [1.165, 1.54) is 0 Å². The summed E-state index contributed by atoms with van der Waals surface area (Å²) in [5.74, 6) is -0.752. The summed E-state index contributed by atoms with van der Waals surface area (Å²) in [5, 5.41) is 17.3. The molecule has 1 atom stereocenters. The van der Waals surface area contributed by atoms with Crippen molar-refractivity contribution in [1.29, 1.82) is 0 Å². The number of β-amino-alcohol motifs (C(OH)–C–C–N with tert-alkyl or cyclic N) is 1. The predicted octanol–water partition coefficient (Wildman–Crippen LogP) is -0.583. The second-order valence-electron chi connectivity index (χ2n) is 3.57. The SMILES string of the molecule is CC1N(CCO)CCN1CCC(=O)O. The number of carboxylic acids is 1. The molecular weight excluding hydrogens is 184 g/mol. The monoisotopic (exact) mass is 202 g/mol. The van der Waals surface area contributed by atoms with Gasteiger partial charge in [0.25, 0.3) is 0 Å². The summed E-state index contributed by atoms with van der Waals surface area (Å²) in [4.78, 5) is 14.7. The number of carboxylic acid groups (broad SMARTS) is 1. The third kappa shape index (κ3) is 2.94. The van der Waals surface area contributed by atoms with Crippen LogP contribution in [0.4, 0.5) is 0 Å². The Balaban J connectivity index is 2.31. The summed E-state index contributed by atoms with van der Waals surface area (Å²) in [6.07, 6.45) is 0.443. The summed E-state index contributed by atoms with van der Waals surface area (Å²) in [5.41, 5.74) is 0. The first-order valence-electron chi connectivity index (χ1n) is 4.96. The summed E-state index contributed by atoms with van der Waals surface area (Å²) < 4.78 is 0. The molecule has 1 fully saturated rings. The van der Waals surface area contributed by atoms with E-state index in [2.05, 4.69) is 9.80 Å². The first-order chi connectivity index (χ1) is 6.65. The van der Waals surface area contributed by atoms with Crippen molar-refractivity contribution >= 4 is 5.97 Å². The van der Waals surface area contributed by atoms with Gasteiger partial charge >= 0.3 is 5.97 Å². The molecule has 0 bridgehead atoms. The van der Waals surface area contributed by atoms with Gasteiger partial charge in [-0.15, -0.1) is 0 Å². The third-order valence-electron chi connectivity index (χ3n) is 2.73. The van der Waals surface area contributed by atoms with Gasteiger partial charge in [-0.2, -0.15) is 0 Å². The van der Waals surface area contributed by atoms with Crippen molar-refractivity contribution in [3.05, 3.63) is 0 Å². The summed E-state index contributed by atoms with van der Waals surface area (Å²) in [7, 11) is 0. The lowest BCUT2D eigenvalue weighted by Crippen LogP contribution is -2.38. The van der Waals surface area contributed by atoms with Gasteiger partial charge < -0.3 is 10.2 Å². The highest BCUT2D eigenvalue weighted by molar-refractivity contribution is 5.66. The van der Waals surface area contributed by atoms with E-state index in [4.69, 9.17) is 10.2 Å². The summed E-state index contributed by atoms with van der Waals surface area (Å²) in [6, 6.07) is 0. The molecule has 1 aliphatic rings. The average Bonchev–Trinajstić information content (AvgIpc) is 2.46. The Morgan fingerprint density at radius 1 is 1.36 bits per heavy atom. The van der Waals surface area contributed by atoms with E-state index < -0.39 is 5.97 Å². The van der Waals surface area contributed by atoms with Crippen molar-refractivity contribution in [2.24, 2.45) is 0 Å². The Kier molecular flexibility index (Phi) is 4.31. The highest BCUT2D eigenvalue weighted by Gasteiger charge is 2.27. The standard InChI is InChI=1S/C9H18N2O3/c1-8-10(3-2-9(13)14)4-5-11(8)6-7-12/h8,12H,2-7H2,1H3,(H,13,14). The smallest absolute Gasteiger partial charge is 0.304 e. The van der Waals surface area contributed by atoms with E-state index in [1.807, 2.05) is 6.92 Å². The van der Waals surface area contributed by atoms with E-state index >= 15 is 0 Å². The van der Waals surface area contributed by atoms with Crippen LogP contribution >= 0.6 is 0 Å². The van der Waals surface area contributed by atoms with E-state index in [0.29, 0.717) is 13.1 Å². The number of carbonyl (C=O) groups is 1. The van der Waals surface area contributed by atoms with Gasteiger partial charge in [0, 0.05) is 26.2 Å². The van der Waals surface area contributed by atoms with Crippen LogP contribution in [0.3, 0.4) is 0 Å². The molecule has 0 aromatic carbocycles. The molecule has 0 amide bonds. The Morgan fingerprint density at radius 3 is 2.43 bits per heavy atom. The van der Waals surface area contributed by atoms with Crippen molar-refractivity contribution in [1.82, 2.24) is 9.80 Å². The maximum Gasteiger partial charge on any atom is 0.304 e. The van der Waals surface area contributed by atoms with Gasteiger partial charge in [0.05, 0.1) is 19.2 Å². The zero-order valence-corrected chi connectivity index (χ0v) is 8.52. The molecule has 0 aromatic heterocycles. The first kappa shape index (κ1) is 11.4. The molecule has 0 spiro atoms. The van der Waals surface area contributed by atoms with Crippen LogP contribution in [0.2, 0.25) is 0 Å². The van der Waals surface area contributed by atoms with Gasteiger partial charge in [-0.3, -0.25) is 14.6 Å². The number of hydrogen-bond donors (Lipinski definition) is 2. The van der Waals surface area contributed by atoms with Gasteiger partial charge in [0.1, 0.15) is 0 Å². The topological polar surface area (TPSA) is 64.0 Å². The van der Waals surface area contributed by atoms with Crippen LogP contribution in [-0.4, -0.2) is 64.9 Å². The Hall–Kier alpha value is -0.650. The third-order valence-corrected chi connectivity index (χ3v) is 2.73. The molecule has 0 aromatic rings. The largest absolute Gasteiger partial charge is 0.481 e. The minimum absolute atomic E-state index is 0.164. The molecule has 1 rings (SSSR count). The second kappa shape index (κ2) is 5.29. The van der Waals surface area contributed by atoms with Crippen LogP contribution in [-0.2, 0) is 4.79 Å². The predicted molar refractivity (Wildman–Crippen MR) is 51.9 cm³/mol. The molecule has 1 aliphatic heterocycles. The molecule has 1 heterocycles. The van der Waals surface area contributed by atoms with Crippen molar-refractivity contribution in [3.63, 3.8) is 0 Å². The van der Waals surface area contributed by atoms with E-state index in [-0.39, 0.29) is 19.2 Å². The fraction of sp³-hybridized carbons (Fsp3) is 0.889. The molecule has 0 radical (unpaired) electrons. The molecule has 2 N–H and O–H groups in total. The Labute approximate surface area is 83.9 Å². The van der Waals surface area contributed by atoms with Gasteiger partial charge in [-0.25, -0.2) is 0 Å². The number of aliphatic hydroxyl groups is 1. The highest BCUT2D eigenvalue weighted by Crippen LogP contribution is 2.13. The lowest BCUT2D eigenvalue weighted by molar-refractivity contribution is -0.137. The zero-order valence-electron chi connectivity index (χ0n) is 8.52. The lowest BCUT2D eigenvalue weighted by atomic mass is 10.3. The van der Waals surface area contributed by atoms with Crippen LogP contribution in [0.1, 0.15) is 13.3 Å². The maximum absolute atomic E-state index is 10.4. The van der Waals surface area contributed by atoms with E-state index in [9.17, 15) is 4.79 Å². The van der Waals surface area contributed by atoms with Gasteiger partial charge in [-0.05, 0) is 6.92 Å². The first-order valence-corrected chi connectivity index (χ1v) is 4.96. The van der Waals surface area contributed by atoms with Gasteiger partial charge in [-0.1, -0.05) is 0 Å². The molecule has 5 heteroatoms. The minimum atomic E-state index is -0.752. The zero-order chi connectivity index (χ0) is 10.6. The molecule has 0 aliphatic carbocycles. The molecular formula is C9H18N2O3. The Bertz CT molecular complexity index is 198. The van der Waals surface area contributed by atoms with Crippen LogP contribution in [0.5, 0.6) is 0 Å². The van der Waals surface area contributed by atoms with Crippen LogP contribution in [0, 0.1) is 0 Å². The fourth-order valence-electron chi connectivity index (χ4n) is 1.83. The molecule has 82 valence electrons. The van der Waals surface area contributed by atoms with Crippen LogP contribution < -0.4 is 0 Å². The molecule has 14 heavy (non-hydrogen) atoms. The highest BCUT2D eigenvalue weighted by atomic mass is 16.4. The number of hydrogen-bond acceptors (Lipinski definition) is 4. The molecule has 1 saturated heterocycles.